The minimum atomic E-state index is -0.379. The van der Waals surface area contributed by atoms with Gasteiger partial charge in [0.2, 0.25) is 5.91 Å². The van der Waals surface area contributed by atoms with Crippen LogP contribution in [0.3, 0.4) is 0 Å². The van der Waals surface area contributed by atoms with Gasteiger partial charge >= 0.3 is 0 Å². The summed E-state index contributed by atoms with van der Waals surface area (Å²) >= 11 is 0. The Kier molecular flexibility index (Phi) is 5.81. The quantitative estimate of drug-likeness (QED) is 0.897. The van der Waals surface area contributed by atoms with Gasteiger partial charge in [-0.1, -0.05) is 6.07 Å². The van der Waals surface area contributed by atoms with Gasteiger partial charge in [-0.25, -0.2) is 8.78 Å². The van der Waals surface area contributed by atoms with Crippen LogP contribution in [0.15, 0.2) is 42.5 Å². The molecular formula is C20H21F2N3O2. The van der Waals surface area contributed by atoms with Crippen LogP contribution in [0.1, 0.15) is 15.9 Å². The lowest BCUT2D eigenvalue weighted by atomic mass is 10.1. The summed E-state index contributed by atoms with van der Waals surface area (Å²) in [6.07, 6.45) is 0. The molecule has 1 heterocycles. The van der Waals surface area contributed by atoms with Gasteiger partial charge in [-0.05, 0) is 48.9 Å². The van der Waals surface area contributed by atoms with Gasteiger partial charge in [-0.3, -0.25) is 14.5 Å². The number of nitrogens with zero attached hydrogens (tertiary/aromatic N) is 2. The van der Waals surface area contributed by atoms with E-state index < -0.39 is 0 Å². The lowest BCUT2D eigenvalue weighted by Gasteiger charge is -2.34. The molecule has 0 spiro atoms. The Hall–Kier alpha value is -2.80. The molecule has 142 valence electrons. The first-order valence-corrected chi connectivity index (χ1v) is 8.75. The van der Waals surface area contributed by atoms with Crippen molar-refractivity contribution in [2.75, 3.05) is 38.0 Å². The Morgan fingerprint density at radius 1 is 1.00 bits per heavy atom. The van der Waals surface area contributed by atoms with Crippen LogP contribution in [0.5, 0.6) is 0 Å². The van der Waals surface area contributed by atoms with Gasteiger partial charge < -0.3 is 10.2 Å². The summed E-state index contributed by atoms with van der Waals surface area (Å²) in [7, 11) is 0. The second-order valence-corrected chi connectivity index (χ2v) is 6.59. The molecule has 0 unspecified atom stereocenters. The van der Waals surface area contributed by atoms with Crippen LogP contribution in [-0.2, 0) is 4.79 Å². The van der Waals surface area contributed by atoms with Crippen molar-refractivity contribution >= 4 is 17.5 Å². The zero-order valence-electron chi connectivity index (χ0n) is 15.0. The lowest BCUT2D eigenvalue weighted by Crippen LogP contribution is -2.50. The van der Waals surface area contributed by atoms with Gasteiger partial charge in [-0.2, -0.15) is 0 Å². The van der Waals surface area contributed by atoms with Crippen molar-refractivity contribution in [1.82, 2.24) is 9.80 Å². The SMILES string of the molecule is Cc1ccc(NC(=O)CN2CCN(C(=O)c3ccc(F)cc3)CC2)cc1F. The Balaban J connectivity index is 1.48. The Labute approximate surface area is 156 Å². The highest BCUT2D eigenvalue weighted by molar-refractivity contribution is 5.94. The largest absolute Gasteiger partial charge is 0.336 e. The molecule has 1 aliphatic rings. The maximum Gasteiger partial charge on any atom is 0.253 e. The summed E-state index contributed by atoms with van der Waals surface area (Å²) in [4.78, 5) is 28.2. The number of benzene rings is 2. The average Bonchev–Trinajstić information content (AvgIpc) is 2.65. The molecule has 0 bridgehead atoms. The van der Waals surface area contributed by atoms with Gasteiger partial charge in [0.05, 0.1) is 6.54 Å². The maximum absolute atomic E-state index is 13.5. The summed E-state index contributed by atoms with van der Waals surface area (Å²) in [6, 6.07) is 10.0. The van der Waals surface area contributed by atoms with E-state index >= 15 is 0 Å². The van der Waals surface area contributed by atoms with E-state index in [1.54, 1.807) is 24.0 Å². The Morgan fingerprint density at radius 2 is 1.67 bits per heavy atom. The fourth-order valence-corrected chi connectivity index (χ4v) is 2.96. The second kappa shape index (κ2) is 8.26. The number of aryl methyl sites for hydroxylation is 1. The third kappa shape index (κ3) is 4.89. The van der Waals surface area contributed by atoms with Crippen LogP contribution in [0, 0.1) is 18.6 Å². The van der Waals surface area contributed by atoms with Crippen molar-refractivity contribution in [3.8, 4) is 0 Å². The predicted octanol–water partition coefficient (Wildman–Crippen LogP) is 2.67. The van der Waals surface area contributed by atoms with Crippen LogP contribution < -0.4 is 5.32 Å². The highest BCUT2D eigenvalue weighted by atomic mass is 19.1. The summed E-state index contributed by atoms with van der Waals surface area (Å²) in [6.45, 7) is 3.93. The molecule has 1 N–H and O–H groups in total. The van der Waals surface area contributed by atoms with Gasteiger partial charge in [0.15, 0.2) is 0 Å². The number of hydrogen-bond donors (Lipinski definition) is 1. The van der Waals surface area contributed by atoms with Crippen molar-refractivity contribution < 1.29 is 18.4 Å². The van der Waals surface area contributed by atoms with Crippen LogP contribution in [0.4, 0.5) is 14.5 Å². The standard InChI is InChI=1S/C20H21F2N3O2/c1-14-2-7-17(12-18(14)22)23-19(26)13-24-8-10-25(11-9-24)20(27)15-3-5-16(21)6-4-15/h2-7,12H,8-11,13H2,1H3,(H,23,26). The third-order valence-corrected chi connectivity index (χ3v) is 4.57. The topological polar surface area (TPSA) is 52.7 Å². The molecule has 1 aliphatic heterocycles. The van der Waals surface area contributed by atoms with Crippen LogP contribution in [0.2, 0.25) is 0 Å². The average molecular weight is 373 g/mol. The zero-order valence-corrected chi connectivity index (χ0v) is 15.0. The molecule has 7 heteroatoms. The molecular weight excluding hydrogens is 352 g/mol. The van der Waals surface area contributed by atoms with Crippen molar-refractivity contribution in [3.63, 3.8) is 0 Å². The summed E-state index contributed by atoms with van der Waals surface area (Å²) < 4.78 is 26.5. The minimum Gasteiger partial charge on any atom is -0.336 e. The number of hydrogen-bond acceptors (Lipinski definition) is 3. The number of carbonyl (C=O) groups is 2. The number of rotatable bonds is 4. The molecule has 27 heavy (non-hydrogen) atoms. The molecule has 0 saturated carbocycles. The molecule has 5 nitrogen and oxygen atoms in total. The summed E-state index contributed by atoms with van der Waals surface area (Å²) in [5, 5.41) is 2.69. The van der Waals surface area contributed by atoms with Crippen molar-refractivity contribution in [3.05, 3.63) is 65.2 Å². The van der Waals surface area contributed by atoms with E-state index in [-0.39, 0.29) is 30.0 Å². The second-order valence-electron chi connectivity index (χ2n) is 6.59. The number of piperazine rings is 1. The molecule has 1 saturated heterocycles. The van der Waals surface area contributed by atoms with E-state index in [9.17, 15) is 18.4 Å². The molecule has 0 aromatic heterocycles. The fraction of sp³-hybridized carbons (Fsp3) is 0.300. The molecule has 2 aromatic carbocycles. The van der Waals surface area contributed by atoms with Gasteiger partial charge in [0, 0.05) is 37.4 Å². The first-order valence-electron chi connectivity index (χ1n) is 8.75. The number of halogens is 2. The molecule has 3 rings (SSSR count). The summed E-state index contributed by atoms with van der Waals surface area (Å²) in [5.41, 5.74) is 1.40. The Bertz CT molecular complexity index is 832. The van der Waals surface area contributed by atoms with Crippen molar-refractivity contribution in [2.45, 2.75) is 6.92 Å². The molecule has 2 aromatic rings. The van der Waals surface area contributed by atoms with Crippen molar-refractivity contribution in [1.29, 1.82) is 0 Å². The third-order valence-electron chi connectivity index (χ3n) is 4.57. The van der Waals surface area contributed by atoms with Gasteiger partial charge in [0.1, 0.15) is 11.6 Å². The number of carbonyl (C=O) groups excluding carboxylic acids is 2. The van der Waals surface area contributed by atoms with E-state index in [0.29, 0.717) is 43.0 Å². The normalized spacial score (nSPS) is 14.9. The summed E-state index contributed by atoms with van der Waals surface area (Å²) in [5.74, 6) is -1.11. The minimum absolute atomic E-state index is 0.144. The van der Waals surface area contributed by atoms with Gasteiger partial charge in [0.25, 0.3) is 5.91 Å². The highest BCUT2D eigenvalue weighted by Gasteiger charge is 2.23. The fourth-order valence-electron chi connectivity index (χ4n) is 2.96. The molecule has 1 fully saturated rings. The van der Waals surface area contributed by atoms with Crippen LogP contribution in [0.25, 0.3) is 0 Å². The molecule has 0 atom stereocenters. The van der Waals surface area contributed by atoms with E-state index in [4.69, 9.17) is 0 Å². The maximum atomic E-state index is 13.5. The molecule has 0 aliphatic carbocycles. The first-order chi connectivity index (χ1) is 12.9. The lowest BCUT2D eigenvalue weighted by molar-refractivity contribution is -0.117. The van der Waals surface area contributed by atoms with Crippen molar-refractivity contribution in [2.24, 2.45) is 0 Å². The smallest absolute Gasteiger partial charge is 0.253 e. The van der Waals surface area contributed by atoms with Crippen LogP contribution >= 0.6 is 0 Å². The number of nitrogens with one attached hydrogen (secondary N) is 1. The number of anilines is 1. The molecule has 2 amide bonds. The van der Waals surface area contributed by atoms with Gasteiger partial charge in [-0.15, -0.1) is 0 Å². The van der Waals surface area contributed by atoms with E-state index in [2.05, 4.69) is 5.32 Å². The number of amides is 2. The van der Waals surface area contributed by atoms with E-state index in [0.717, 1.165) is 0 Å². The molecule has 0 radical (unpaired) electrons. The van der Waals surface area contributed by atoms with Crippen LogP contribution in [-0.4, -0.2) is 54.3 Å². The predicted molar refractivity (Wildman–Crippen MR) is 98.5 cm³/mol. The Morgan fingerprint density at radius 3 is 2.30 bits per heavy atom. The first kappa shape index (κ1) is 19.0. The highest BCUT2D eigenvalue weighted by Crippen LogP contribution is 2.14. The monoisotopic (exact) mass is 373 g/mol. The van der Waals surface area contributed by atoms with E-state index in [1.807, 2.05) is 4.90 Å². The van der Waals surface area contributed by atoms with E-state index in [1.165, 1.54) is 30.3 Å². The zero-order chi connectivity index (χ0) is 19.4.